The molecule has 9 heteroatoms. The molecule has 0 radical (unpaired) electrons. The molecule has 196 valence electrons. The summed E-state index contributed by atoms with van der Waals surface area (Å²) in [6.07, 6.45) is 4.73. The average Bonchev–Trinajstić information content (AvgIpc) is 3.41. The summed E-state index contributed by atoms with van der Waals surface area (Å²) < 4.78 is 14.8. The van der Waals surface area contributed by atoms with Gasteiger partial charge in [-0.2, -0.15) is 5.10 Å². The molecule has 0 saturated heterocycles. The first-order valence-corrected chi connectivity index (χ1v) is 12.2. The van der Waals surface area contributed by atoms with E-state index in [0.29, 0.717) is 28.1 Å². The van der Waals surface area contributed by atoms with Crippen LogP contribution in [-0.4, -0.2) is 26.4 Å². The van der Waals surface area contributed by atoms with Gasteiger partial charge in [-0.15, -0.1) is 0 Å². The monoisotopic (exact) mass is 532 g/mol. The van der Waals surface area contributed by atoms with Crippen molar-refractivity contribution < 1.29 is 18.9 Å². The van der Waals surface area contributed by atoms with Gasteiger partial charge in [-0.3, -0.25) is 19.7 Å². The first kappa shape index (κ1) is 25.9. The molecule has 0 aliphatic heterocycles. The Labute approximate surface area is 228 Å². The number of nitrogens with one attached hydrogen (secondary N) is 1. The van der Waals surface area contributed by atoms with Crippen LogP contribution in [0.4, 0.5) is 15.8 Å². The SMILES string of the molecule is O=C(/C=C/c1cn(-c2ccccc2)nc1-c1cccc([N+](=O)[O-])c1)c1cccc(NC(=O)c2ccc(F)cc2)c1. The normalized spacial score (nSPS) is 10.9. The van der Waals surface area contributed by atoms with Crippen LogP contribution in [0.5, 0.6) is 0 Å². The highest BCUT2D eigenvalue weighted by molar-refractivity contribution is 6.09. The number of para-hydroxylation sites is 1. The summed E-state index contributed by atoms with van der Waals surface area (Å²) in [7, 11) is 0. The zero-order valence-corrected chi connectivity index (χ0v) is 20.9. The molecule has 40 heavy (non-hydrogen) atoms. The second-order valence-corrected chi connectivity index (χ2v) is 8.76. The number of rotatable bonds is 8. The maximum Gasteiger partial charge on any atom is 0.270 e. The molecular weight excluding hydrogens is 511 g/mol. The second kappa shape index (κ2) is 11.4. The van der Waals surface area contributed by atoms with E-state index in [9.17, 15) is 24.1 Å². The van der Waals surface area contributed by atoms with Gasteiger partial charge in [0.1, 0.15) is 11.5 Å². The predicted octanol–water partition coefficient (Wildman–Crippen LogP) is 6.74. The number of allylic oxidation sites excluding steroid dienone is 1. The molecule has 0 fully saturated rings. The van der Waals surface area contributed by atoms with Crippen LogP contribution in [0.3, 0.4) is 0 Å². The molecule has 0 aliphatic carbocycles. The summed E-state index contributed by atoms with van der Waals surface area (Å²) in [5.41, 5.74) is 3.31. The number of amides is 1. The Morgan fingerprint density at radius 2 is 1.62 bits per heavy atom. The quantitative estimate of drug-likeness (QED) is 0.103. The molecule has 4 aromatic carbocycles. The van der Waals surface area contributed by atoms with Crippen molar-refractivity contribution in [2.45, 2.75) is 0 Å². The highest BCUT2D eigenvalue weighted by Gasteiger charge is 2.15. The minimum Gasteiger partial charge on any atom is -0.322 e. The second-order valence-electron chi connectivity index (χ2n) is 8.76. The molecule has 1 aromatic heterocycles. The molecule has 0 bridgehead atoms. The Balaban J connectivity index is 1.42. The third-order valence-corrected chi connectivity index (χ3v) is 6.02. The Morgan fingerprint density at radius 3 is 2.38 bits per heavy atom. The number of carbonyl (C=O) groups excluding carboxylic acids is 2. The van der Waals surface area contributed by atoms with Gasteiger partial charge in [-0.25, -0.2) is 9.07 Å². The van der Waals surface area contributed by atoms with Crippen molar-refractivity contribution in [3.05, 3.63) is 148 Å². The van der Waals surface area contributed by atoms with Crippen molar-refractivity contribution in [1.82, 2.24) is 9.78 Å². The maximum atomic E-state index is 13.2. The number of hydrogen-bond acceptors (Lipinski definition) is 5. The first-order chi connectivity index (χ1) is 19.4. The van der Waals surface area contributed by atoms with Crippen molar-refractivity contribution in [1.29, 1.82) is 0 Å². The molecule has 0 saturated carbocycles. The van der Waals surface area contributed by atoms with E-state index in [1.54, 1.807) is 53.4 Å². The summed E-state index contributed by atoms with van der Waals surface area (Å²) in [6.45, 7) is 0. The fraction of sp³-hybridized carbons (Fsp3) is 0. The van der Waals surface area contributed by atoms with Crippen molar-refractivity contribution in [3.63, 3.8) is 0 Å². The van der Waals surface area contributed by atoms with Crippen molar-refractivity contribution in [2.24, 2.45) is 0 Å². The number of nitro groups is 1. The van der Waals surface area contributed by atoms with Crippen LogP contribution in [0, 0.1) is 15.9 Å². The topological polar surface area (TPSA) is 107 Å². The summed E-state index contributed by atoms with van der Waals surface area (Å²) in [5.74, 6) is -1.20. The number of hydrogen-bond donors (Lipinski definition) is 1. The first-order valence-electron chi connectivity index (χ1n) is 12.2. The number of benzene rings is 4. The number of ketones is 1. The van der Waals surface area contributed by atoms with Crippen LogP contribution in [0.15, 0.2) is 115 Å². The number of non-ortho nitro benzene ring substituents is 1. The van der Waals surface area contributed by atoms with Crippen LogP contribution < -0.4 is 5.32 Å². The fourth-order valence-electron chi connectivity index (χ4n) is 4.03. The predicted molar refractivity (Wildman–Crippen MR) is 150 cm³/mol. The van der Waals surface area contributed by atoms with Gasteiger partial charge in [0.15, 0.2) is 5.78 Å². The van der Waals surface area contributed by atoms with E-state index >= 15 is 0 Å². The third kappa shape index (κ3) is 5.89. The van der Waals surface area contributed by atoms with Gasteiger partial charge in [0.2, 0.25) is 0 Å². The summed E-state index contributed by atoms with van der Waals surface area (Å²) in [5, 5.41) is 18.7. The number of nitro benzene ring substituents is 1. The van der Waals surface area contributed by atoms with Gasteiger partial charge in [-0.1, -0.05) is 42.5 Å². The van der Waals surface area contributed by atoms with E-state index in [1.165, 1.54) is 42.5 Å². The van der Waals surface area contributed by atoms with Gasteiger partial charge in [-0.05, 0) is 60.7 Å². The van der Waals surface area contributed by atoms with E-state index in [2.05, 4.69) is 10.4 Å². The van der Waals surface area contributed by atoms with Crippen molar-refractivity contribution >= 4 is 29.1 Å². The van der Waals surface area contributed by atoms with Crippen LogP contribution in [0.1, 0.15) is 26.3 Å². The summed E-state index contributed by atoms with van der Waals surface area (Å²) >= 11 is 0. The van der Waals surface area contributed by atoms with Crippen LogP contribution >= 0.6 is 0 Å². The van der Waals surface area contributed by atoms with Crippen LogP contribution in [0.25, 0.3) is 23.0 Å². The molecule has 0 spiro atoms. The molecule has 5 rings (SSSR count). The van der Waals surface area contributed by atoms with E-state index in [-0.39, 0.29) is 17.0 Å². The highest BCUT2D eigenvalue weighted by atomic mass is 19.1. The Bertz CT molecular complexity index is 1750. The standard InChI is InChI=1S/C31H21FN4O4/c32-25-15-12-21(13-16-25)31(38)33-26-8-4-6-22(18-26)29(37)17-14-24-20-35(27-9-2-1-3-10-27)34-30(24)23-7-5-11-28(19-23)36(39)40/h1-20H,(H,33,38)/b17-14+. The van der Waals surface area contributed by atoms with Gasteiger partial charge >= 0.3 is 0 Å². The lowest BCUT2D eigenvalue weighted by atomic mass is 10.1. The molecule has 5 aromatic rings. The average molecular weight is 533 g/mol. The Hall–Kier alpha value is -5.70. The van der Waals surface area contributed by atoms with Gasteiger partial charge in [0, 0.05) is 46.3 Å². The molecule has 0 atom stereocenters. The van der Waals surface area contributed by atoms with E-state index in [4.69, 9.17) is 0 Å². The molecule has 1 heterocycles. The Morgan fingerprint density at radius 1 is 0.875 bits per heavy atom. The number of aromatic nitrogens is 2. The minimum atomic E-state index is -0.474. The fourth-order valence-corrected chi connectivity index (χ4v) is 4.03. The smallest absolute Gasteiger partial charge is 0.270 e. The van der Waals surface area contributed by atoms with E-state index in [0.717, 1.165) is 5.69 Å². The lowest BCUT2D eigenvalue weighted by molar-refractivity contribution is -0.384. The van der Waals surface area contributed by atoms with Gasteiger partial charge < -0.3 is 5.32 Å². The summed E-state index contributed by atoms with van der Waals surface area (Å²) in [4.78, 5) is 36.4. The zero-order chi connectivity index (χ0) is 28.1. The number of nitrogens with zero attached hydrogens (tertiary/aromatic N) is 3. The van der Waals surface area contributed by atoms with E-state index in [1.807, 2.05) is 30.3 Å². The molecular formula is C31H21FN4O4. The molecule has 1 N–H and O–H groups in total. The largest absolute Gasteiger partial charge is 0.322 e. The molecule has 0 aliphatic rings. The molecule has 1 amide bonds. The number of anilines is 1. The van der Waals surface area contributed by atoms with Crippen molar-refractivity contribution in [2.75, 3.05) is 5.32 Å². The lowest BCUT2D eigenvalue weighted by Gasteiger charge is -2.06. The van der Waals surface area contributed by atoms with E-state index < -0.39 is 16.6 Å². The van der Waals surface area contributed by atoms with Crippen LogP contribution in [-0.2, 0) is 0 Å². The lowest BCUT2D eigenvalue weighted by Crippen LogP contribution is -2.12. The van der Waals surface area contributed by atoms with Crippen molar-refractivity contribution in [3.8, 4) is 16.9 Å². The molecule has 8 nitrogen and oxygen atoms in total. The number of carbonyl (C=O) groups is 2. The zero-order valence-electron chi connectivity index (χ0n) is 20.9. The number of halogens is 1. The Kier molecular flexibility index (Phi) is 7.36. The van der Waals surface area contributed by atoms with Crippen LogP contribution in [0.2, 0.25) is 0 Å². The summed E-state index contributed by atoms with van der Waals surface area (Å²) in [6, 6.07) is 27.1. The van der Waals surface area contributed by atoms with Gasteiger partial charge in [0.25, 0.3) is 11.6 Å². The minimum absolute atomic E-state index is 0.0720. The maximum absolute atomic E-state index is 13.2. The molecule has 0 unspecified atom stereocenters. The van der Waals surface area contributed by atoms with Gasteiger partial charge in [0.05, 0.1) is 10.6 Å². The highest BCUT2D eigenvalue weighted by Crippen LogP contribution is 2.28. The third-order valence-electron chi connectivity index (χ3n) is 6.02.